The molecule has 0 aliphatic heterocycles. The highest BCUT2D eigenvalue weighted by Crippen LogP contribution is 2.82. The van der Waals surface area contributed by atoms with Crippen LogP contribution < -0.4 is 0 Å². The number of hydrogen-bond donors (Lipinski definition) is 0. The lowest BCUT2D eigenvalue weighted by molar-refractivity contribution is -0.173. The molecule has 6 fully saturated rings. The summed E-state index contributed by atoms with van der Waals surface area (Å²) in [6.45, 7) is 10.8. The molecule has 10 atom stereocenters. The minimum atomic E-state index is -0.414. The summed E-state index contributed by atoms with van der Waals surface area (Å²) < 4.78 is 6.02. The van der Waals surface area contributed by atoms with Crippen LogP contribution >= 0.6 is 0 Å². The maximum Gasteiger partial charge on any atom is 0.311 e. The van der Waals surface area contributed by atoms with Crippen LogP contribution in [0.5, 0.6) is 0 Å². The minimum absolute atomic E-state index is 0.000555. The van der Waals surface area contributed by atoms with Crippen molar-refractivity contribution >= 4 is 11.8 Å². The van der Waals surface area contributed by atoms with E-state index in [9.17, 15) is 9.59 Å². The Labute approximate surface area is 175 Å². The van der Waals surface area contributed by atoms with Crippen molar-refractivity contribution in [1.82, 2.24) is 0 Å². The largest absolute Gasteiger partial charge is 0.462 e. The van der Waals surface area contributed by atoms with Crippen molar-refractivity contribution in [3.05, 3.63) is 0 Å². The first-order valence-corrected chi connectivity index (χ1v) is 12.3. The summed E-state index contributed by atoms with van der Waals surface area (Å²) in [4.78, 5) is 25.5. The van der Waals surface area contributed by atoms with Crippen molar-refractivity contribution < 1.29 is 14.3 Å². The van der Waals surface area contributed by atoms with Crippen LogP contribution in [-0.2, 0) is 14.3 Å². The van der Waals surface area contributed by atoms with Gasteiger partial charge in [0, 0.05) is 11.3 Å². The number of hydrogen-bond acceptors (Lipinski definition) is 3. The number of ketones is 1. The highest BCUT2D eigenvalue weighted by atomic mass is 16.5. The van der Waals surface area contributed by atoms with Gasteiger partial charge in [0.05, 0.1) is 5.41 Å². The third-order valence-electron chi connectivity index (χ3n) is 11.1. The first kappa shape index (κ1) is 18.9. The molecule has 3 nitrogen and oxygen atoms in total. The Bertz CT molecular complexity index is 794. The molecule has 160 valence electrons. The number of ether oxygens (including phenoxy) is 1. The van der Waals surface area contributed by atoms with Crippen LogP contribution in [0.3, 0.4) is 0 Å². The van der Waals surface area contributed by atoms with E-state index in [2.05, 4.69) is 13.8 Å². The van der Waals surface area contributed by atoms with Gasteiger partial charge in [-0.05, 0) is 113 Å². The van der Waals surface area contributed by atoms with E-state index in [0.29, 0.717) is 28.4 Å². The molecule has 0 aromatic rings. The number of Topliss-reactive ketones (excluding diaryl/α,β-unsaturated/α-hetero) is 1. The van der Waals surface area contributed by atoms with Gasteiger partial charge in [-0.15, -0.1) is 0 Å². The lowest BCUT2D eigenvalue weighted by Crippen LogP contribution is -2.56. The molecule has 29 heavy (non-hydrogen) atoms. The zero-order valence-electron chi connectivity index (χ0n) is 18.9. The van der Waals surface area contributed by atoms with Crippen LogP contribution in [0.15, 0.2) is 0 Å². The molecule has 0 aromatic carbocycles. The first-order chi connectivity index (χ1) is 13.5. The molecule has 0 N–H and O–H groups in total. The van der Waals surface area contributed by atoms with Gasteiger partial charge >= 0.3 is 5.97 Å². The van der Waals surface area contributed by atoms with E-state index < -0.39 is 5.41 Å². The molecular formula is C26H38O3. The van der Waals surface area contributed by atoms with Crippen LogP contribution in [0.1, 0.15) is 86.0 Å². The van der Waals surface area contributed by atoms with Crippen LogP contribution in [0, 0.1) is 57.2 Å². The number of rotatable bonds is 1. The normalized spacial score (nSPS) is 57.0. The molecule has 0 saturated heterocycles. The fourth-order valence-corrected chi connectivity index (χ4v) is 9.48. The van der Waals surface area contributed by atoms with Crippen molar-refractivity contribution in [3.63, 3.8) is 0 Å². The zero-order valence-corrected chi connectivity index (χ0v) is 18.9. The molecule has 0 bridgehead atoms. The number of carbonyl (C=O) groups excluding carboxylic acids is 2. The Morgan fingerprint density at radius 2 is 1.79 bits per heavy atom. The molecule has 6 aliphatic carbocycles. The maximum absolute atomic E-state index is 13.0. The predicted octanol–water partition coefficient (Wildman–Crippen LogP) is 5.41. The molecule has 0 aromatic heterocycles. The molecule has 1 spiro atoms. The van der Waals surface area contributed by atoms with Crippen LogP contribution in [0.25, 0.3) is 0 Å². The molecule has 3 heteroatoms. The number of carbonyl (C=O) groups is 2. The summed E-state index contributed by atoms with van der Waals surface area (Å²) in [5.41, 5.74) is 0.388. The molecule has 6 aliphatic rings. The lowest BCUT2D eigenvalue weighted by Gasteiger charge is -2.61. The summed E-state index contributed by atoms with van der Waals surface area (Å²) in [5, 5.41) is 0. The topological polar surface area (TPSA) is 43.4 Å². The molecule has 6 saturated carbocycles. The summed E-state index contributed by atoms with van der Waals surface area (Å²) in [6, 6.07) is 0. The highest BCUT2D eigenvalue weighted by molar-refractivity contribution is 5.92. The minimum Gasteiger partial charge on any atom is -0.462 e. The van der Waals surface area contributed by atoms with Crippen molar-refractivity contribution in [3.8, 4) is 0 Å². The predicted molar refractivity (Wildman–Crippen MR) is 111 cm³/mol. The molecule has 0 heterocycles. The van der Waals surface area contributed by atoms with E-state index in [4.69, 9.17) is 4.74 Å². The van der Waals surface area contributed by atoms with E-state index in [1.807, 2.05) is 20.8 Å². The second-order valence-corrected chi connectivity index (χ2v) is 13.4. The standard InChI is InChI=1S/C26H38O3/c1-23(2,3)22(28)29-15-6-9-25(5)19-7-8-24(4)20(16-11-17(16)21(24)27)18(19)10-14-12-26(14,25)13-15/h14-20H,6-13H2,1-5H3/t14-,15-,16+,17-,18?,19?,20?,24-,25+,26-/m0/s1. The van der Waals surface area contributed by atoms with Gasteiger partial charge in [0.15, 0.2) is 0 Å². The first-order valence-electron chi connectivity index (χ1n) is 12.3. The van der Waals surface area contributed by atoms with Crippen molar-refractivity contribution in [2.75, 3.05) is 0 Å². The van der Waals surface area contributed by atoms with Gasteiger partial charge in [0.25, 0.3) is 0 Å². The quantitative estimate of drug-likeness (QED) is 0.555. The summed E-state index contributed by atoms with van der Waals surface area (Å²) >= 11 is 0. The Kier molecular flexibility index (Phi) is 3.45. The number of esters is 1. The Morgan fingerprint density at radius 3 is 2.52 bits per heavy atom. The van der Waals surface area contributed by atoms with Crippen LogP contribution in [0.4, 0.5) is 0 Å². The van der Waals surface area contributed by atoms with Gasteiger partial charge in [-0.25, -0.2) is 0 Å². The molecule has 0 radical (unpaired) electrons. The van der Waals surface area contributed by atoms with Crippen LogP contribution in [-0.4, -0.2) is 17.9 Å². The molecular weight excluding hydrogens is 360 g/mol. The Morgan fingerprint density at radius 1 is 1.03 bits per heavy atom. The van der Waals surface area contributed by atoms with Crippen LogP contribution in [0.2, 0.25) is 0 Å². The van der Waals surface area contributed by atoms with Gasteiger partial charge in [-0.3, -0.25) is 9.59 Å². The summed E-state index contributed by atoms with van der Waals surface area (Å²) in [5.74, 6) is 4.77. The fraction of sp³-hybridized carbons (Fsp3) is 0.923. The second kappa shape index (κ2) is 5.30. The van der Waals surface area contributed by atoms with E-state index in [1.165, 1.54) is 32.1 Å². The average molecular weight is 399 g/mol. The van der Waals surface area contributed by atoms with E-state index in [0.717, 1.165) is 42.9 Å². The molecule has 6 rings (SSSR count). The monoisotopic (exact) mass is 398 g/mol. The summed E-state index contributed by atoms with van der Waals surface area (Å²) in [7, 11) is 0. The van der Waals surface area contributed by atoms with Crippen molar-refractivity contribution in [1.29, 1.82) is 0 Å². The van der Waals surface area contributed by atoms with Gasteiger partial charge in [-0.1, -0.05) is 13.8 Å². The second-order valence-electron chi connectivity index (χ2n) is 13.4. The average Bonchev–Trinajstić information content (AvgIpc) is 3.52. The summed E-state index contributed by atoms with van der Waals surface area (Å²) in [6.07, 6.45) is 9.70. The van der Waals surface area contributed by atoms with Crippen molar-refractivity contribution in [2.24, 2.45) is 57.2 Å². The Balaban J connectivity index is 1.26. The van der Waals surface area contributed by atoms with E-state index in [-0.39, 0.29) is 17.5 Å². The van der Waals surface area contributed by atoms with Crippen molar-refractivity contribution in [2.45, 2.75) is 92.1 Å². The Hall–Kier alpha value is -0.860. The third kappa shape index (κ3) is 2.21. The number of fused-ring (bicyclic) bond motifs is 6. The van der Waals surface area contributed by atoms with E-state index in [1.54, 1.807) is 0 Å². The fourth-order valence-electron chi connectivity index (χ4n) is 9.48. The van der Waals surface area contributed by atoms with Gasteiger partial charge in [0.2, 0.25) is 0 Å². The molecule has 3 unspecified atom stereocenters. The van der Waals surface area contributed by atoms with Gasteiger partial charge < -0.3 is 4.74 Å². The SMILES string of the molecule is CC(C)(C)C(=O)O[C@H]1CC[C@]2(C)C3CC[C@]4(C)C(=O)[C@H]5C[C@H]5C4C3C[C@H]3C[C@]32C1. The van der Waals surface area contributed by atoms with Gasteiger partial charge in [-0.2, -0.15) is 0 Å². The third-order valence-corrected chi connectivity index (χ3v) is 11.1. The maximum atomic E-state index is 13.0. The highest BCUT2D eigenvalue weighted by Gasteiger charge is 2.77. The lowest BCUT2D eigenvalue weighted by atomic mass is 9.44. The zero-order chi connectivity index (χ0) is 20.6. The molecule has 0 amide bonds. The smallest absolute Gasteiger partial charge is 0.311 e. The van der Waals surface area contributed by atoms with Gasteiger partial charge in [0.1, 0.15) is 11.9 Å². The van der Waals surface area contributed by atoms with E-state index >= 15 is 0 Å².